The molecule has 0 bridgehead atoms. The lowest BCUT2D eigenvalue weighted by molar-refractivity contribution is -0.141. The molecule has 0 radical (unpaired) electrons. The van der Waals surface area contributed by atoms with Crippen molar-refractivity contribution in [2.45, 2.75) is 32.5 Å². The predicted octanol–water partition coefficient (Wildman–Crippen LogP) is 4.32. The molecule has 1 aromatic heterocycles. The Morgan fingerprint density at radius 2 is 1.91 bits per heavy atom. The highest BCUT2D eigenvalue weighted by Gasteiger charge is 2.32. The first kappa shape index (κ1) is 26.1. The van der Waals surface area contributed by atoms with Gasteiger partial charge in [-0.3, -0.25) is 9.52 Å². The quantitative estimate of drug-likeness (QED) is 0.361. The van der Waals surface area contributed by atoms with E-state index in [-0.39, 0.29) is 11.5 Å². The lowest BCUT2D eigenvalue weighted by Crippen LogP contribution is -2.24. The van der Waals surface area contributed by atoms with Crippen molar-refractivity contribution in [1.82, 2.24) is 10.3 Å². The van der Waals surface area contributed by atoms with Gasteiger partial charge in [0.15, 0.2) is 0 Å². The number of carbonyl (C=O) groups is 1. The summed E-state index contributed by atoms with van der Waals surface area (Å²) in [6.07, 6.45) is -0.584. The van der Waals surface area contributed by atoms with E-state index in [0.717, 1.165) is 24.5 Å². The van der Waals surface area contributed by atoms with Gasteiger partial charge in [0.1, 0.15) is 17.3 Å². The molecule has 180 valence electrons. The van der Waals surface area contributed by atoms with Crippen LogP contribution in [0.2, 0.25) is 0 Å². The first-order chi connectivity index (χ1) is 15.3. The van der Waals surface area contributed by atoms with Crippen molar-refractivity contribution >= 4 is 33.5 Å². The lowest BCUT2D eigenvalue weighted by atomic mass is 10.1. The minimum atomic E-state index is -4.60. The number of alkyl halides is 3. The second kappa shape index (κ2) is 10.6. The van der Waals surface area contributed by atoms with Crippen LogP contribution in [-0.2, 0) is 21.0 Å². The van der Waals surface area contributed by atoms with Crippen LogP contribution in [0.4, 0.5) is 29.1 Å². The molecule has 0 aliphatic heterocycles. The number of pyridine rings is 1. The highest BCUT2D eigenvalue weighted by molar-refractivity contribution is 7.92. The third-order valence-electron chi connectivity index (χ3n) is 4.32. The molecule has 1 aromatic carbocycles. The molecule has 3 N–H and O–H groups in total. The Bertz CT molecular complexity index is 1130. The third kappa shape index (κ3) is 8.04. The first-order valence-corrected chi connectivity index (χ1v) is 11.8. The van der Waals surface area contributed by atoms with Crippen LogP contribution in [-0.4, -0.2) is 32.1 Å². The molecule has 0 spiro atoms. The maximum atomic E-state index is 14.2. The van der Waals surface area contributed by atoms with Crippen LogP contribution < -0.4 is 15.4 Å². The van der Waals surface area contributed by atoms with E-state index in [1.807, 2.05) is 11.6 Å². The molecule has 0 aliphatic rings. The summed E-state index contributed by atoms with van der Waals surface area (Å²) in [4.78, 5) is 15.9. The monoisotopic (exact) mass is 488 g/mol. The number of hydrogen-bond donors (Lipinski definition) is 3. The Morgan fingerprint density at radius 3 is 2.48 bits per heavy atom. The van der Waals surface area contributed by atoms with Crippen LogP contribution >= 0.6 is 0 Å². The van der Waals surface area contributed by atoms with E-state index in [2.05, 4.69) is 15.6 Å². The lowest BCUT2D eigenvalue weighted by Gasteiger charge is -2.15. The predicted molar refractivity (Wildman–Crippen MR) is 118 cm³/mol. The van der Waals surface area contributed by atoms with Crippen molar-refractivity contribution in [2.75, 3.05) is 22.8 Å². The normalized spacial score (nSPS) is 13.1. The fourth-order valence-corrected chi connectivity index (χ4v) is 3.31. The SMILES string of the molecule is CCCNc1nc(C(F)(F)F)ccc1/C=C/C(=O)N[C@H](C)c1ccc(NS(C)(=O)=O)c(F)c1. The second-order valence-electron chi connectivity index (χ2n) is 7.24. The van der Waals surface area contributed by atoms with Gasteiger partial charge in [-0.15, -0.1) is 0 Å². The molecular formula is C21H24F4N4O3S. The molecule has 2 rings (SSSR count). The van der Waals surface area contributed by atoms with E-state index in [4.69, 9.17) is 0 Å². The summed E-state index contributed by atoms with van der Waals surface area (Å²) < 4.78 is 77.5. The van der Waals surface area contributed by atoms with Gasteiger partial charge in [0, 0.05) is 18.2 Å². The molecule has 0 saturated carbocycles. The summed E-state index contributed by atoms with van der Waals surface area (Å²) in [5.41, 5.74) is -0.593. The molecule has 7 nitrogen and oxygen atoms in total. The van der Waals surface area contributed by atoms with Gasteiger partial charge in [0.2, 0.25) is 15.9 Å². The van der Waals surface area contributed by atoms with E-state index in [9.17, 15) is 30.8 Å². The van der Waals surface area contributed by atoms with Crippen molar-refractivity contribution in [3.63, 3.8) is 0 Å². The number of rotatable bonds is 9. The number of amides is 1. The Morgan fingerprint density at radius 1 is 1.21 bits per heavy atom. The van der Waals surface area contributed by atoms with Crippen molar-refractivity contribution in [3.05, 3.63) is 59.0 Å². The zero-order valence-corrected chi connectivity index (χ0v) is 18.9. The van der Waals surface area contributed by atoms with Crippen molar-refractivity contribution < 1.29 is 30.8 Å². The number of aromatic nitrogens is 1. The molecule has 2 aromatic rings. The first-order valence-electron chi connectivity index (χ1n) is 9.88. The Kier molecular flexibility index (Phi) is 8.42. The molecule has 1 atom stereocenters. The standard InChI is InChI=1S/C21H24F4N4O3S/c1-4-11-26-20-14(6-9-18(28-20)21(23,24)25)7-10-19(30)27-13(2)15-5-8-17(16(22)12-15)29-33(3,31)32/h5-10,12-13,29H,4,11H2,1-3H3,(H,26,28)(H,27,30)/b10-7+/t13-/m1/s1. The maximum Gasteiger partial charge on any atom is 0.433 e. The number of hydrogen-bond acceptors (Lipinski definition) is 5. The van der Waals surface area contributed by atoms with E-state index < -0.39 is 39.7 Å². The zero-order chi connectivity index (χ0) is 24.8. The number of halogens is 4. The fourth-order valence-electron chi connectivity index (χ4n) is 2.74. The molecule has 33 heavy (non-hydrogen) atoms. The van der Waals surface area contributed by atoms with Gasteiger partial charge in [-0.05, 0) is 49.2 Å². The van der Waals surface area contributed by atoms with Gasteiger partial charge in [0.05, 0.1) is 18.0 Å². The topological polar surface area (TPSA) is 100 Å². The highest BCUT2D eigenvalue weighted by Crippen LogP contribution is 2.30. The molecular weight excluding hydrogens is 464 g/mol. The summed E-state index contributed by atoms with van der Waals surface area (Å²) in [5, 5.41) is 5.42. The highest BCUT2D eigenvalue weighted by atomic mass is 32.2. The smallest absolute Gasteiger partial charge is 0.370 e. The maximum absolute atomic E-state index is 14.2. The summed E-state index contributed by atoms with van der Waals surface area (Å²) in [7, 11) is -3.65. The largest absolute Gasteiger partial charge is 0.433 e. The molecule has 0 saturated heterocycles. The van der Waals surface area contributed by atoms with Gasteiger partial charge in [-0.1, -0.05) is 13.0 Å². The third-order valence-corrected chi connectivity index (χ3v) is 4.91. The van der Waals surface area contributed by atoms with Crippen LogP contribution in [0.3, 0.4) is 0 Å². The van der Waals surface area contributed by atoms with Crippen LogP contribution in [0.25, 0.3) is 6.08 Å². The summed E-state index contributed by atoms with van der Waals surface area (Å²) in [5.74, 6) is -1.38. The zero-order valence-electron chi connectivity index (χ0n) is 18.1. The molecule has 1 amide bonds. The van der Waals surface area contributed by atoms with Crippen molar-refractivity contribution in [3.8, 4) is 0 Å². The van der Waals surface area contributed by atoms with E-state index in [1.165, 1.54) is 24.3 Å². The van der Waals surface area contributed by atoms with E-state index >= 15 is 0 Å². The van der Waals surface area contributed by atoms with Crippen molar-refractivity contribution in [1.29, 1.82) is 0 Å². The molecule has 0 fully saturated rings. The van der Waals surface area contributed by atoms with Crippen LogP contribution in [0.15, 0.2) is 36.4 Å². The Balaban J connectivity index is 2.13. The Hall–Kier alpha value is -3.15. The van der Waals surface area contributed by atoms with Crippen molar-refractivity contribution in [2.24, 2.45) is 0 Å². The molecule has 1 heterocycles. The molecule has 0 unspecified atom stereocenters. The summed E-state index contributed by atoms with van der Waals surface area (Å²) in [6, 6.07) is 5.19. The van der Waals surface area contributed by atoms with Gasteiger partial charge in [0.25, 0.3) is 0 Å². The number of sulfonamides is 1. The van der Waals surface area contributed by atoms with Crippen LogP contribution in [0.5, 0.6) is 0 Å². The van der Waals surface area contributed by atoms with Crippen LogP contribution in [0, 0.1) is 5.82 Å². The van der Waals surface area contributed by atoms with Gasteiger partial charge >= 0.3 is 6.18 Å². The van der Waals surface area contributed by atoms with Gasteiger partial charge in [-0.25, -0.2) is 17.8 Å². The molecule has 0 aliphatic carbocycles. The number of nitrogens with one attached hydrogen (secondary N) is 3. The number of anilines is 2. The minimum absolute atomic E-state index is 0.000176. The molecule has 12 heteroatoms. The fraction of sp³-hybridized carbons (Fsp3) is 0.333. The Labute approximate surface area is 189 Å². The summed E-state index contributed by atoms with van der Waals surface area (Å²) in [6.45, 7) is 3.84. The van der Waals surface area contributed by atoms with Crippen LogP contribution in [0.1, 0.15) is 43.1 Å². The average Bonchev–Trinajstić information content (AvgIpc) is 2.70. The number of benzene rings is 1. The number of nitrogens with zero attached hydrogens (tertiary/aromatic N) is 1. The van der Waals surface area contributed by atoms with Gasteiger partial charge < -0.3 is 10.6 Å². The second-order valence-corrected chi connectivity index (χ2v) is 8.98. The van der Waals surface area contributed by atoms with E-state index in [0.29, 0.717) is 24.1 Å². The number of carbonyl (C=O) groups excluding carboxylic acids is 1. The average molecular weight is 489 g/mol. The minimum Gasteiger partial charge on any atom is -0.370 e. The summed E-state index contributed by atoms with van der Waals surface area (Å²) >= 11 is 0. The van der Waals surface area contributed by atoms with Gasteiger partial charge in [-0.2, -0.15) is 13.2 Å². The van der Waals surface area contributed by atoms with E-state index in [1.54, 1.807) is 6.92 Å².